The molecule has 0 saturated carbocycles. The molecule has 0 aliphatic carbocycles. The summed E-state index contributed by atoms with van der Waals surface area (Å²) in [4.78, 5) is 18.1. The topological polar surface area (TPSA) is 84.2 Å². The van der Waals surface area contributed by atoms with Crippen LogP contribution in [0.15, 0.2) is 47.2 Å². The van der Waals surface area contributed by atoms with Crippen LogP contribution < -0.4 is 14.2 Å². The van der Waals surface area contributed by atoms with Gasteiger partial charge in [0.1, 0.15) is 27.5 Å². The molecule has 0 aliphatic heterocycles. The number of para-hydroxylation sites is 1. The highest BCUT2D eigenvalue weighted by Gasteiger charge is 2.23. The standard InChI is InChI=1S/C19H16BrN5O3/c1-26-12-7-5-8-13(27-2)16(12)25-18(11-6-4-9-15(22-11)28-3)24-17-19(25)23-14(20)10-21-17/h4-10H,1-3H3. The molecule has 1 aromatic carbocycles. The lowest BCUT2D eigenvalue weighted by atomic mass is 10.2. The fraction of sp³-hybridized carbons (Fsp3) is 0.158. The van der Waals surface area contributed by atoms with Gasteiger partial charge in [-0.2, -0.15) is 0 Å². The number of aromatic nitrogens is 5. The second kappa shape index (κ2) is 7.43. The predicted molar refractivity (Wildman–Crippen MR) is 107 cm³/mol. The van der Waals surface area contributed by atoms with Crippen LogP contribution in [-0.4, -0.2) is 45.8 Å². The molecular weight excluding hydrogens is 426 g/mol. The van der Waals surface area contributed by atoms with Crippen LogP contribution in [0.4, 0.5) is 0 Å². The van der Waals surface area contributed by atoms with Crippen molar-refractivity contribution in [3.8, 4) is 34.6 Å². The summed E-state index contributed by atoms with van der Waals surface area (Å²) in [7, 11) is 4.77. The van der Waals surface area contributed by atoms with Crippen LogP contribution >= 0.6 is 15.9 Å². The smallest absolute Gasteiger partial charge is 0.213 e. The van der Waals surface area contributed by atoms with Crippen molar-refractivity contribution < 1.29 is 14.2 Å². The molecule has 4 aromatic rings. The molecule has 0 radical (unpaired) electrons. The summed E-state index contributed by atoms with van der Waals surface area (Å²) in [6.45, 7) is 0. The van der Waals surface area contributed by atoms with E-state index >= 15 is 0 Å². The average Bonchev–Trinajstić information content (AvgIpc) is 3.11. The normalized spacial score (nSPS) is 10.9. The van der Waals surface area contributed by atoms with Crippen LogP contribution in [0.2, 0.25) is 0 Å². The van der Waals surface area contributed by atoms with Crippen molar-refractivity contribution in [2.45, 2.75) is 0 Å². The number of nitrogens with zero attached hydrogens (tertiary/aromatic N) is 5. The minimum atomic E-state index is 0.468. The highest BCUT2D eigenvalue weighted by molar-refractivity contribution is 9.10. The van der Waals surface area contributed by atoms with Gasteiger partial charge in [-0.1, -0.05) is 12.1 Å². The van der Waals surface area contributed by atoms with Crippen molar-refractivity contribution >= 4 is 27.2 Å². The Labute approximate surface area is 169 Å². The predicted octanol–water partition coefficient (Wildman–Crippen LogP) is 3.67. The van der Waals surface area contributed by atoms with Gasteiger partial charge in [0.15, 0.2) is 17.1 Å². The number of imidazole rings is 1. The minimum Gasteiger partial charge on any atom is -0.494 e. The Morgan fingerprint density at radius 2 is 1.57 bits per heavy atom. The molecule has 0 N–H and O–H groups in total. The number of benzene rings is 1. The maximum absolute atomic E-state index is 5.59. The SMILES string of the molecule is COc1cccc(-c2nc3ncc(Br)nc3n2-c2c(OC)cccc2OC)n1. The Bertz CT molecular complexity index is 1140. The zero-order valence-corrected chi connectivity index (χ0v) is 17.0. The Kier molecular flexibility index (Phi) is 4.82. The largest absolute Gasteiger partial charge is 0.494 e. The molecule has 3 heterocycles. The minimum absolute atomic E-state index is 0.468. The molecule has 0 aliphatic rings. The van der Waals surface area contributed by atoms with E-state index in [0.29, 0.717) is 50.5 Å². The highest BCUT2D eigenvalue weighted by Crippen LogP contribution is 2.37. The lowest BCUT2D eigenvalue weighted by Crippen LogP contribution is -2.05. The van der Waals surface area contributed by atoms with Gasteiger partial charge >= 0.3 is 0 Å². The van der Waals surface area contributed by atoms with Gasteiger partial charge in [0.2, 0.25) is 5.88 Å². The maximum Gasteiger partial charge on any atom is 0.213 e. The number of methoxy groups -OCH3 is 3. The van der Waals surface area contributed by atoms with Crippen molar-refractivity contribution in [2.75, 3.05) is 21.3 Å². The van der Waals surface area contributed by atoms with Crippen molar-refractivity contribution in [1.29, 1.82) is 0 Å². The van der Waals surface area contributed by atoms with Crippen LogP contribution in [-0.2, 0) is 0 Å². The molecule has 9 heteroatoms. The third-order valence-corrected chi connectivity index (χ3v) is 4.51. The summed E-state index contributed by atoms with van der Waals surface area (Å²) in [5.41, 5.74) is 2.26. The quantitative estimate of drug-likeness (QED) is 0.466. The van der Waals surface area contributed by atoms with Crippen LogP contribution in [0, 0.1) is 0 Å². The van der Waals surface area contributed by atoms with Gasteiger partial charge in [0.25, 0.3) is 0 Å². The van der Waals surface area contributed by atoms with Crippen molar-refractivity contribution in [3.05, 3.63) is 47.2 Å². The number of halogens is 1. The molecule has 0 atom stereocenters. The number of pyridine rings is 1. The van der Waals surface area contributed by atoms with Crippen molar-refractivity contribution in [2.24, 2.45) is 0 Å². The molecule has 0 amide bonds. The molecule has 0 unspecified atom stereocenters. The van der Waals surface area contributed by atoms with Crippen LogP contribution in [0.5, 0.6) is 17.4 Å². The summed E-state index contributed by atoms with van der Waals surface area (Å²) >= 11 is 3.39. The van der Waals surface area contributed by atoms with Crippen LogP contribution in [0.3, 0.4) is 0 Å². The summed E-state index contributed by atoms with van der Waals surface area (Å²) < 4.78 is 18.9. The van der Waals surface area contributed by atoms with Crippen molar-refractivity contribution in [1.82, 2.24) is 24.5 Å². The molecule has 3 aromatic heterocycles. The number of hydrogen-bond acceptors (Lipinski definition) is 7. The second-order valence-electron chi connectivity index (χ2n) is 5.69. The molecular formula is C19H16BrN5O3. The van der Waals surface area contributed by atoms with E-state index in [-0.39, 0.29) is 0 Å². The van der Waals surface area contributed by atoms with Gasteiger partial charge < -0.3 is 14.2 Å². The second-order valence-corrected chi connectivity index (χ2v) is 6.50. The Hall–Kier alpha value is -3.20. The van der Waals surface area contributed by atoms with E-state index in [1.54, 1.807) is 33.6 Å². The first kappa shape index (κ1) is 18.2. The average molecular weight is 442 g/mol. The number of rotatable bonds is 5. The van der Waals surface area contributed by atoms with Gasteiger partial charge in [0.05, 0.1) is 27.5 Å². The van der Waals surface area contributed by atoms with Gasteiger partial charge in [0, 0.05) is 6.07 Å². The lowest BCUT2D eigenvalue weighted by molar-refractivity contribution is 0.391. The van der Waals surface area contributed by atoms with Crippen molar-refractivity contribution in [3.63, 3.8) is 0 Å². The van der Waals surface area contributed by atoms with Crippen LogP contribution in [0.1, 0.15) is 0 Å². The Morgan fingerprint density at radius 3 is 2.25 bits per heavy atom. The van der Waals surface area contributed by atoms with Gasteiger partial charge in [-0.05, 0) is 34.1 Å². The van der Waals surface area contributed by atoms with E-state index in [4.69, 9.17) is 14.2 Å². The Balaban J connectivity index is 2.11. The van der Waals surface area contributed by atoms with E-state index in [1.165, 1.54) is 0 Å². The first-order valence-corrected chi connectivity index (χ1v) is 9.09. The highest BCUT2D eigenvalue weighted by atomic mass is 79.9. The molecule has 0 fully saturated rings. The fourth-order valence-electron chi connectivity index (χ4n) is 2.92. The molecule has 0 bridgehead atoms. The lowest BCUT2D eigenvalue weighted by Gasteiger charge is -2.16. The van der Waals surface area contributed by atoms with Gasteiger partial charge in [-0.15, -0.1) is 0 Å². The summed E-state index contributed by atoms with van der Waals surface area (Å²) in [6, 6.07) is 11.0. The maximum atomic E-state index is 5.59. The molecule has 8 nitrogen and oxygen atoms in total. The first-order valence-electron chi connectivity index (χ1n) is 8.30. The van der Waals surface area contributed by atoms with E-state index in [1.807, 2.05) is 34.9 Å². The molecule has 0 saturated heterocycles. The summed E-state index contributed by atoms with van der Waals surface area (Å²) in [5, 5.41) is 0. The summed E-state index contributed by atoms with van der Waals surface area (Å²) in [5.74, 6) is 2.22. The molecule has 142 valence electrons. The molecule has 4 rings (SSSR count). The third kappa shape index (κ3) is 3.03. The monoisotopic (exact) mass is 441 g/mol. The number of ether oxygens (including phenoxy) is 3. The van der Waals surface area contributed by atoms with E-state index in [9.17, 15) is 0 Å². The number of hydrogen-bond donors (Lipinski definition) is 0. The van der Waals surface area contributed by atoms with E-state index in [2.05, 4.69) is 35.9 Å². The van der Waals surface area contributed by atoms with Gasteiger partial charge in [-0.3, -0.25) is 4.57 Å². The zero-order chi connectivity index (χ0) is 19.7. The van der Waals surface area contributed by atoms with Gasteiger partial charge in [-0.25, -0.2) is 19.9 Å². The number of fused-ring (bicyclic) bond motifs is 1. The van der Waals surface area contributed by atoms with E-state index in [0.717, 1.165) is 0 Å². The zero-order valence-electron chi connectivity index (χ0n) is 15.4. The van der Waals surface area contributed by atoms with Crippen LogP contribution in [0.25, 0.3) is 28.5 Å². The third-order valence-electron chi connectivity index (χ3n) is 4.13. The molecule has 0 spiro atoms. The fourth-order valence-corrected chi connectivity index (χ4v) is 3.19. The molecule has 28 heavy (non-hydrogen) atoms. The van der Waals surface area contributed by atoms with E-state index < -0.39 is 0 Å². The Morgan fingerprint density at radius 1 is 0.857 bits per heavy atom. The summed E-state index contributed by atoms with van der Waals surface area (Å²) in [6.07, 6.45) is 1.60. The first-order chi connectivity index (χ1) is 13.7.